The molecule has 16 heavy (non-hydrogen) atoms. The fraction of sp³-hybridized carbons (Fsp3) is 0.667. The van der Waals surface area contributed by atoms with Crippen LogP contribution in [0.3, 0.4) is 0 Å². The summed E-state index contributed by atoms with van der Waals surface area (Å²) in [6.45, 7) is 6.23. The first kappa shape index (κ1) is 12.8. The number of nitrogens with one attached hydrogen (secondary N) is 1. The van der Waals surface area contributed by atoms with E-state index in [9.17, 15) is 0 Å². The Morgan fingerprint density at radius 3 is 3.00 bits per heavy atom. The Kier molecular flexibility index (Phi) is 5.11. The Bertz CT molecular complexity index is 357. The molecule has 0 bridgehead atoms. The normalized spacial score (nSPS) is 12.4. The van der Waals surface area contributed by atoms with E-state index in [0.717, 1.165) is 23.8 Å². The van der Waals surface area contributed by atoms with E-state index < -0.39 is 0 Å². The second-order valence-corrected chi connectivity index (χ2v) is 4.31. The Balaban J connectivity index is 2.60. The molecular weight excluding hydrogens is 224 g/mol. The van der Waals surface area contributed by atoms with Gasteiger partial charge in [0.25, 0.3) is 0 Å². The number of nitrogens with two attached hydrogens (primary N) is 1. The minimum absolute atomic E-state index is 0.0147. The van der Waals surface area contributed by atoms with Gasteiger partial charge >= 0.3 is 0 Å². The summed E-state index contributed by atoms with van der Waals surface area (Å²) < 4.78 is 3.84. The van der Waals surface area contributed by atoms with E-state index in [4.69, 9.17) is 11.1 Å². The van der Waals surface area contributed by atoms with Gasteiger partial charge in [-0.15, -0.1) is 5.10 Å². The van der Waals surface area contributed by atoms with Gasteiger partial charge in [0.15, 0.2) is 0 Å². The molecule has 1 aromatic heterocycles. The molecule has 0 radical (unpaired) electrons. The lowest BCUT2D eigenvalue weighted by Gasteiger charge is -2.20. The molecule has 88 valence electrons. The van der Waals surface area contributed by atoms with Gasteiger partial charge in [-0.25, -0.2) is 5.84 Å². The van der Waals surface area contributed by atoms with Crippen molar-refractivity contribution in [2.45, 2.75) is 20.4 Å². The summed E-state index contributed by atoms with van der Waals surface area (Å²) in [4.78, 5) is 2.14. The van der Waals surface area contributed by atoms with Crippen molar-refractivity contribution in [1.82, 2.24) is 14.5 Å². The van der Waals surface area contributed by atoms with Gasteiger partial charge in [-0.05, 0) is 13.5 Å². The maximum absolute atomic E-state index is 8.77. The van der Waals surface area contributed by atoms with Gasteiger partial charge in [-0.3, -0.25) is 4.90 Å². The quantitative estimate of drug-likeness (QED) is 0.564. The molecule has 0 aromatic carbocycles. The van der Waals surface area contributed by atoms with Crippen molar-refractivity contribution in [3.8, 4) is 6.07 Å². The molecule has 0 saturated heterocycles. The van der Waals surface area contributed by atoms with Gasteiger partial charge in [0, 0.05) is 24.6 Å². The summed E-state index contributed by atoms with van der Waals surface area (Å²) in [5.41, 5.74) is 3.41. The van der Waals surface area contributed by atoms with Crippen molar-refractivity contribution in [2.24, 2.45) is 11.8 Å². The number of hydrazine groups is 1. The first-order valence-electron chi connectivity index (χ1n) is 5.11. The highest BCUT2D eigenvalue weighted by Crippen LogP contribution is 2.18. The number of nitrogens with zero attached hydrogens (tertiary/aromatic N) is 4. The van der Waals surface area contributed by atoms with E-state index >= 15 is 0 Å². The van der Waals surface area contributed by atoms with Gasteiger partial charge in [-0.1, -0.05) is 11.4 Å². The molecule has 1 heterocycles. The van der Waals surface area contributed by atoms with E-state index in [0.29, 0.717) is 6.54 Å². The third kappa shape index (κ3) is 3.41. The number of hydrogen-bond donors (Lipinski definition) is 2. The van der Waals surface area contributed by atoms with Crippen LogP contribution in [0.2, 0.25) is 0 Å². The van der Waals surface area contributed by atoms with E-state index in [2.05, 4.69) is 32.9 Å². The first-order valence-corrected chi connectivity index (χ1v) is 5.88. The van der Waals surface area contributed by atoms with E-state index in [1.165, 1.54) is 11.5 Å². The third-order valence-corrected chi connectivity index (χ3v) is 2.96. The van der Waals surface area contributed by atoms with E-state index in [-0.39, 0.29) is 5.92 Å². The minimum Gasteiger partial charge on any atom is -0.313 e. The Morgan fingerprint density at radius 2 is 2.44 bits per heavy atom. The van der Waals surface area contributed by atoms with Crippen LogP contribution in [-0.2, 0) is 6.54 Å². The molecule has 1 atom stereocenters. The summed E-state index contributed by atoms with van der Waals surface area (Å²) in [6.07, 6.45) is 0. The lowest BCUT2D eigenvalue weighted by atomic mass is 10.2. The Hall–Kier alpha value is -1.23. The van der Waals surface area contributed by atoms with Crippen molar-refractivity contribution in [2.75, 3.05) is 18.5 Å². The maximum Gasteiger partial charge on any atom is 0.148 e. The standard InChI is InChI=1S/C9H16N6S/c1-3-15(5-7(2)4-10)6-8-9(12-11)16-14-13-8/h7,12H,3,5-6,11H2,1-2H3. The number of hydrogen-bond acceptors (Lipinski definition) is 7. The van der Waals surface area contributed by atoms with Crippen LogP contribution in [-0.4, -0.2) is 27.6 Å². The number of nitrogen functional groups attached to an aromatic ring is 1. The van der Waals surface area contributed by atoms with Crippen molar-refractivity contribution >= 4 is 16.5 Å². The van der Waals surface area contributed by atoms with Crippen LogP contribution in [0.15, 0.2) is 0 Å². The molecule has 6 nitrogen and oxygen atoms in total. The highest BCUT2D eigenvalue weighted by molar-refractivity contribution is 7.10. The number of anilines is 1. The SMILES string of the molecule is CCN(Cc1nnsc1NN)CC(C)C#N. The van der Waals surface area contributed by atoms with Gasteiger partial charge in [0.1, 0.15) is 10.7 Å². The molecule has 0 saturated carbocycles. The smallest absolute Gasteiger partial charge is 0.148 e. The molecular formula is C9H16N6S. The number of nitriles is 1. The maximum atomic E-state index is 8.77. The van der Waals surface area contributed by atoms with Crippen LogP contribution in [0.1, 0.15) is 19.5 Å². The van der Waals surface area contributed by atoms with Crippen molar-refractivity contribution in [3.63, 3.8) is 0 Å². The Labute approximate surface area is 99.2 Å². The van der Waals surface area contributed by atoms with Crippen molar-refractivity contribution < 1.29 is 0 Å². The van der Waals surface area contributed by atoms with E-state index in [1.54, 1.807) is 0 Å². The largest absolute Gasteiger partial charge is 0.313 e. The zero-order chi connectivity index (χ0) is 12.0. The van der Waals surface area contributed by atoms with Crippen LogP contribution < -0.4 is 11.3 Å². The van der Waals surface area contributed by atoms with Crippen LogP contribution in [0.4, 0.5) is 5.00 Å². The summed E-state index contributed by atoms with van der Waals surface area (Å²) >= 11 is 1.24. The average Bonchev–Trinajstić information content (AvgIpc) is 2.75. The molecule has 1 unspecified atom stereocenters. The molecule has 1 aromatic rings. The van der Waals surface area contributed by atoms with Gasteiger partial charge in [0.2, 0.25) is 0 Å². The monoisotopic (exact) mass is 240 g/mol. The molecule has 0 fully saturated rings. The predicted octanol–water partition coefficient (Wildman–Crippen LogP) is 0.805. The number of aromatic nitrogens is 2. The summed E-state index contributed by atoms with van der Waals surface area (Å²) in [7, 11) is 0. The first-order chi connectivity index (χ1) is 7.71. The molecule has 1 rings (SSSR count). The third-order valence-electron chi connectivity index (χ3n) is 2.26. The Morgan fingerprint density at radius 1 is 1.69 bits per heavy atom. The van der Waals surface area contributed by atoms with Crippen LogP contribution in [0.5, 0.6) is 0 Å². The minimum atomic E-state index is 0.0147. The molecule has 3 N–H and O–H groups in total. The topological polar surface area (TPSA) is 90.9 Å². The zero-order valence-corrected chi connectivity index (χ0v) is 10.3. The fourth-order valence-corrected chi connectivity index (χ4v) is 1.85. The van der Waals surface area contributed by atoms with Gasteiger partial charge < -0.3 is 5.43 Å². The van der Waals surface area contributed by atoms with Gasteiger partial charge in [0.05, 0.1) is 12.0 Å². The summed E-state index contributed by atoms with van der Waals surface area (Å²) in [5, 5.41) is 13.6. The lowest BCUT2D eigenvalue weighted by molar-refractivity contribution is 0.258. The van der Waals surface area contributed by atoms with Crippen molar-refractivity contribution in [1.29, 1.82) is 5.26 Å². The molecule has 7 heteroatoms. The predicted molar refractivity (Wildman–Crippen MR) is 63.4 cm³/mol. The number of rotatable bonds is 6. The molecule has 0 aliphatic rings. The average molecular weight is 240 g/mol. The van der Waals surface area contributed by atoms with Crippen LogP contribution in [0.25, 0.3) is 0 Å². The second kappa shape index (κ2) is 6.37. The fourth-order valence-electron chi connectivity index (χ4n) is 1.37. The van der Waals surface area contributed by atoms with E-state index in [1.807, 2.05) is 6.92 Å². The molecule has 0 aliphatic heterocycles. The molecule has 0 spiro atoms. The summed E-state index contributed by atoms with van der Waals surface area (Å²) in [5.74, 6) is 5.36. The lowest BCUT2D eigenvalue weighted by Crippen LogP contribution is -2.28. The summed E-state index contributed by atoms with van der Waals surface area (Å²) in [6, 6.07) is 2.22. The van der Waals surface area contributed by atoms with Crippen LogP contribution >= 0.6 is 11.5 Å². The second-order valence-electron chi connectivity index (χ2n) is 3.55. The highest BCUT2D eigenvalue weighted by Gasteiger charge is 2.13. The van der Waals surface area contributed by atoms with Crippen LogP contribution in [0, 0.1) is 17.2 Å². The van der Waals surface area contributed by atoms with Gasteiger partial charge in [-0.2, -0.15) is 5.26 Å². The molecule has 0 amide bonds. The van der Waals surface area contributed by atoms with Crippen molar-refractivity contribution in [3.05, 3.63) is 5.69 Å². The highest BCUT2D eigenvalue weighted by atomic mass is 32.1. The zero-order valence-electron chi connectivity index (χ0n) is 9.47. The molecule has 0 aliphatic carbocycles.